The van der Waals surface area contributed by atoms with Crippen LogP contribution in [-0.4, -0.2) is 51.2 Å². The van der Waals surface area contributed by atoms with Crippen molar-refractivity contribution in [2.75, 3.05) is 33.4 Å². The summed E-state index contributed by atoms with van der Waals surface area (Å²) in [5.74, 6) is -0.277. The minimum Gasteiger partial charge on any atom is -0.398 e. The molecule has 1 heterocycles. The van der Waals surface area contributed by atoms with Gasteiger partial charge in [-0.15, -0.1) is 11.3 Å². The number of likely N-dealkylation sites (N-methyl/N-ethyl adjacent to an activating group) is 2. The summed E-state index contributed by atoms with van der Waals surface area (Å²) in [7, 11) is 0.896. The molecule has 1 aromatic heterocycles. The minimum atomic E-state index is -3.62. The van der Waals surface area contributed by atoms with Crippen LogP contribution in [-0.2, 0) is 14.8 Å². The molecule has 0 aliphatic carbocycles. The molecule has 6 nitrogen and oxygen atoms in total. The summed E-state index contributed by atoms with van der Waals surface area (Å²) in [5.41, 5.74) is 5.88. The third kappa shape index (κ3) is 3.18. The Balaban J connectivity index is 2.88. The zero-order valence-corrected chi connectivity index (χ0v) is 11.5. The van der Waals surface area contributed by atoms with Crippen LogP contribution in [0.15, 0.2) is 15.7 Å². The summed E-state index contributed by atoms with van der Waals surface area (Å²) in [5, 5.41) is 1.55. The maximum absolute atomic E-state index is 12.0. The molecule has 0 radical (unpaired) electrons. The topological polar surface area (TPSA) is 83.7 Å². The molecule has 0 atom stereocenters. The lowest BCUT2D eigenvalue weighted by Crippen LogP contribution is -2.37. The Morgan fingerprint density at radius 2 is 2.00 bits per heavy atom. The number of hydrogen-bond acceptors (Lipinski definition) is 5. The Morgan fingerprint density at radius 1 is 1.41 bits per heavy atom. The number of rotatable bonds is 4. The number of amides is 1. The number of carbonyl (C=O) groups is 1. The SMILES string of the molecule is CN(C)C(=O)CN(C)S(=O)(=O)c1cc(N)cs1. The highest BCUT2D eigenvalue weighted by Gasteiger charge is 2.24. The second-order valence-corrected chi connectivity index (χ2v) is 6.93. The van der Waals surface area contributed by atoms with Gasteiger partial charge in [0, 0.05) is 32.2 Å². The standard InChI is InChI=1S/C9H15N3O3S2/c1-11(2)8(13)5-12(3)17(14,15)9-4-7(10)6-16-9/h4,6H,5,10H2,1-3H3. The lowest BCUT2D eigenvalue weighted by Gasteiger charge is -2.18. The van der Waals surface area contributed by atoms with E-state index in [1.807, 2.05) is 0 Å². The van der Waals surface area contributed by atoms with E-state index in [1.165, 1.54) is 18.0 Å². The average molecular weight is 277 g/mol. The van der Waals surface area contributed by atoms with Crippen LogP contribution in [0.3, 0.4) is 0 Å². The highest BCUT2D eigenvalue weighted by atomic mass is 32.2. The van der Waals surface area contributed by atoms with Gasteiger partial charge in [-0.05, 0) is 6.07 Å². The van der Waals surface area contributed by atoms with Gasteiger partial charge in [0.15, 0.2) is 0 Å². The molecule has 0 aliphatic heterocycles. The van der Waals surface area contributed by atoms with Crippen molar-refractivity contribution in [3.8, 4) is 0 Å². The summed E-state index contributed by atoms with van der Waals surface area (Å²) in [6, 6.07) is 1.39. The van der Waals surface area contributed by atoms with Gasteiger partial charge < -0.3 is 10.6 Å². The number of sulfonamides is 1. The third-order valence-electron chi connectivity index (χ3n) is 2.12. The van der Waals surface area contributed by atoms with Crippen LogP contribution in [0, 0.1) is 0 Å². The molecule has 1 amide bonds. The molecule has 96 valence electrons. The van der Waals surface area contributed by atoms with Crippen molar-refractivity contribution in [1.82, 2.24) is 9.21 Å². The van der Waals surface area contributed by atoms with E-state index < -0.39 is 10.0 Å². The van der Waals surface area contributed by atoms with E-state index in [1.54, 1.807) is 19.5 Å². The van der Waals surface area contributed by atoms with Gasteiger partial charge in [0.1, 0.15) is 4.21 Å². The van der Waals surface area contributed by atoms with Crippen LogP contribution in [0.5, 0.6) is 0 Å². The summed E-state index contributed by atoms with van der Waals surface area (Å²) in [6.07, 6.45) is 0. The van der Waals surface area contributed by atoms with E-state index in [0.29, 0.717) is 5.69 Å². The molecule has 8 heteroatoms. The first-order chi connectivity index (χ1) is 7.75. The molecule has 0 saturated heterocycles. The fourth-order valence-corrected chi connectivity index (χ4v) is 3.45. The van der Waals surface area contributed by atoms with Crippen molar-refractivity contribution in [1.29, 1.82) is 0 Å². The maximum atomic E-state index is 12.0. The summed E-state index contributed by atoms with van der Waals surface area (Å²) in [4.78, 5) is 12.8. The number of hydrogen-bond donors (Lipinski definition) is 1. The number of nitrogens with zero attached hydrogens (tertiary/aromatic N) is 2. The fourth-order valence-electron chi connectivity index (χ4n) is 1.04. The zero-order chi connectivity index (χ0) is 13.2. The van der Waals surface area contributed by atoms with E-state index in [9.17, 15) is 13.2 Å². The van der Waals surface area contributed by atoms with Crippen LogP contribution in [0.4, 0.5) is 5.69 Å². The molecular weight excluding hydrogens is 262 g/mol. The Labute approximate surface area is 105 Å². The van der Waals surface area contributed by atoms with Crippen molar-refractivity contribution in [3.05, 3.63) is 11.4 Å². The molecule has 0 unspecified atom stereocenters. The van der Waals surface area contributed by atoms with Gasteiger partial charge in [-0.3, -0.25) is 4.79 Å². The molecule has 17 heavy (non-hydrogen) atoms. The van der Waals surface area contributed by atoms with Crippen LogP contribution < -0.4 is 5.73 Å². The first-order valence-electron chi connectivity index (χ1n) is 4.75. The number of nitrogens with two attached hydrogens (primary N) is 1. The zero-order valence-electron chi connectivity index (χ0n) is 9.87. The molecule has 1 aromatic rings. The molecule has 0 saturated carbocycles. The van der Waals surface area contributed by atoms with Crippen molar-refractivity contribution in [3.63, 3.8) is 0 Å². The van der Waals surface area contributed by atoms with E-state index in [2.05, 4.69) is 0 Å². The first kappa shape index (κ1) is 13.9. The van der Waals surface area contributed by atoms with E-state index in [-0.39, 0.29) is 16.7 Å². The van der Waals surface area contributed by atoms with Gasteiger partial charge in [-0.1, -0.05) is 0 Å². The summed E-state index contributed by atoms with van der Waals surface area (Å²) >= 11 is 1.04. The Hall–Kier alpha value is -1.12. The Kier molecular flexibility index (Phi) is 4.12. The lowest BCUT2D eigenvalue weighted by molar-refractivity contribution is -0.128. The largest absolute Gasteiger partial charge is 0.398 e. The lowest BCUT2D eigenvalue weighted by atomic mass is 10.5. The van der Waals surface area contributed by atoms with Crippen LogP contribution in [0.1, 0.15) is 0 Å². The summed E-state index contributed by atoms with van der Waals surface area (Å²) in [6.45, 7) is -0.187. The number of nitrogen functional groups attached to an aromatic ring is 1. The maximum Gasteiger partial charge on any atom is 0.252 e. The van der Waals surface area contributed by atoms with Crippen LogP contribution in [0.2, 0.25) is 0 Å². The Morgan fingerprint density at radius 3 is 2.41 bits per heavy atom. The smallest absolute Gasteiger partial charge is 0.252 e. The van der Waals surface area contributed by atoms with E-state index in [0.717, 1.165) is 15.6 Å². The van der Waals surface area contributed by atoms with Crippen molar-refractivity contribution in [2.45, 2.75) is 4.21 Å². The second-order valence-electron chi connectivity index (χ2n) is 3.75. The molecule has 0 bridgehead atoms. The normalized spacial score (nSPS) is 11.8. The van der Waals surface area contributed by atoms with Crippen LogP contribution >= 0.6 is 11.3 Å². The molecule has 0 spiro atoms. The Bertz CT molecular complexity index is 507. The average Bonchev–Trinajstić information content (AvgIpc) is 2.64. The molecule has 0 fully saturated rings. The molecule has 1 rings (SSSR count). The number of thiophene rings is 1. The van der Waals surface area contributed by atoms with Gasteiger partial charge in [-0.2, -0.15) is 4.31 Å². The third-order valence-corrected chi connectivity index (χ3v) is 5.35. The highest BCUT2D eigenvalue weighted by molar-refractivity contribution is 7.91. The molecule has 0 aromatic carbocycles. The van der Waals surface area contributed by atoms with Crippen molar-refractivity contribution in [2.24, 2.45) is 0 Å². The van der Waals surface area contributed by atoms with E-state index in [4.69, 9.17) is 5.73 Å². The van der Waals surface area contributed by atoms with Crippen molar-refractivity contribution >= 4 is 33.0 Å². The van der Waals surface area contributed by atoms with Gasteiger partial charge >= 0.3 is 0 Å². The summed E-state index contributed by atoms with van der Waals surface area (Å²) < 4.78 is 25.2. The number of anilines is 1. The second kappa shape index (κ2) is 5.03. The van der Waals surface area contributed by atoms with Gasteiger partial charge in [0.05, 0.1) is 6.54 Å². The van der Waals surface area contributed by atoms with Gasteiger partial charge in [0.25, 0.3) is 10.0 Å². The highest BCUT2D eigenvalue weighted by Crippen LogP contribution is 2.24. The molecule has 0 aliphatic rings. The number of carbonyl (C=O) groups excluding carboxylic acids is 1. The molecular formula is C9H15N3O3S2. The quantitative estimate of drug-likeness (QED) is 0.842. The van der Waals surface area contributed by atoms with E-state index >= 15 is 0 Å². The van der Waals surface area contributed by atoms with Gasteiger partial charge in [-0.25, -0.2) is 8.42 Å². The predicted octanol–water partition coefficient (Wildman–Crippen LogP) is 0.0390. The predicted molar refractivity (Wildman–Crippen MR) is 67.2 cm³/mol. The molecule has 2 N–H and O–H groups in total. The van der Waals surface area contributed by atoms with Crippen molar-refractivity contribution < 1.29 is 13.2 Å². The fraction of sp³-hybridized carbons (Fsp3) is 0.444. The monoisotopic (exact) mass is 277 g/mol. The van der Waals surface area contributed by atoms with Crippen LogP contribution in [0.25, 0.3) is 0 Å². The van der Waals surface area contributed by atoms with Gasteiger partial charge in [0.2, 0.25) is 5.91 Å². The minimum absolute atomic E-state index is 0.143. The first-order valence-corrected chi connectivity index (χ1v) is 7.07.